The minimum Gasteiger partial charge on any atom is -0.369 e. The van der Waals surface area contributed by atoms with Crippen LogP contribution in [0.15, 0.2) is 131 Å². The number of hydrogen-bond acceptors (Lipinski definition) is 2. The lowest BCUT2D eigenvalue weighted by Gasteiger charge is -2.19. The lowest BCUT2D eigenvalue weighted by molar-refractivity contribution is 0.618. The second-order valence-corrected chi connectivity index (χ2v) is 10.9. The summed E-state index contributed by atoms with van der Waals surface area (Å²) in [5.41, 5.74) is 16.2. The van der Waals surface area contributed by atoms with Gasteiger partial charge in [0.25, 0.3) is 0 Å². The SMILES string of the molecule is Cc1cc(N(C)C(N)=Nc2cccc3ccccc23)ccc1F.Cc1cccc(N(C)C(N)=Nc2cccc3ccccc23)c1F. The van der Waals surface area contributed by atoms with E-state index in [0.29, 0.717) is 22.8 Å². The van der Waals surface area contributed by atoms with Crippen molar-refractivity contribution in [3.8, 4) is 0 Å². The van der Waals surface area contributed by atoms with Crippen LogP contribution in [0.3, 0.4) is 0 Å². The van der Waals surface area contributed by atoms with Gasteiger partial charge in [0.05, 0.1) is 17.1 Å². The summed E-state index contributed by atoms with van der Waals surface area (Å²) in [7, 11) is 3.53. The fourth-order valence-corrected chi connectivity index (χ4v) is 4.99. The van der Waals surface area contributed by atoms with E-state index in [4.69, 9.17) is 11.5 Å². The highest BCUT2D eigenvalue weighted by Gasteiger charge is 2.13. The second kappa shape index (κ2) is 13.9. The van der Waals surface area contributed by atoms with E-state index in [1.165, 1.54) is 6.07 Å². The maximum atomic E-state index is 14.3. The van der Waals surface area contributed by atoms with Crippen molar-refractivity contribution in [1.82, 2.24) is 0 Å². The van der Waals surface area contributed by atoms with Crippen LogP contribution in [-0.2, 0) is 0 Å². The van der Waals surface area contributed by atoms with Gasteiger partial charge in [0.15, 0.2) is 0 Å². The predicted molar refractivity (Wildman–Crippen MR) is 190 cm³/mol. The normalized spacial score (nSPS) is 11.7. The maximum Gasteiger partial charge on any atom is 0.200 e. The Morgan fingerprint density at radius 2 is 1.07 bits per heavy atom. The minimum absolute atomic E-state index is 0.230. The quantitative estimate of drug-likeness (QED) is 0.154. The summed E-state index contributed by atoms with van der Waals surface area (Å²) in [5, 5.41) is 4.26. The standard InChI is InChI=1S/2C19H18FN3/c1-13-7-5-12-17(18(13)20)23(2)19(21)22-16-11-6-9-14-8-3-4-10-15(14)16;1-13-12-15(10-11-17(13)20)23(2)19(21)22-18-9-5-7-14-6-3-4-8-16(14)18/h2*3-12H,1-2H3,(H2,21,22). The zero-order valence-electron chi connectivity index (χ0n) is 26.2. The predicted octanol–water partition coefficient (Wildman–Crippen LogP) is 8.74. The van der Waals surface area contributed by atoms with Crippen LogP contribution in [0.4, 0.5) is 31.5 Å². The summed E-state index contributed by atoms with van der Waals surface area (Å²) in [4.78, 5) is 12.3. The average molecular weight is 615 g/mol. The largest absolute Gasteiger partial charge is 0.369 e. The topological polar surface area (TPSA) is 83.2 Å². The van der Waals surface area contributed by atoms with E-state index in [9.17, 15) is 8.78 Å². The molecule has 0 bridgehead atoms. The van der Waals surface area contributed by atoms with Crippen molar-refractivity contribution in [3.05, 3.63) is 144 Å². The van der Waals surface area contributed by atoms with Crippen LogP contribution >= 0.6 is 0 Å². The van der Waals surface area contributed by atoms with Crippen LogP contribution in [0.25, 0.3) is 21.5 Å². The number of aliphatic imine (C=N–C) groups is 2. The van der Waals surface area contributed by atoms with Gasteiger partial charge < -0.3 is 21.3 Å². The second-order valence-electron chi connectivity index (χ2n) is 10.9. The number of benzene rings is 6. The molecule has 0 atom stereocenters. The molecule has 0 aliphatic rings. The number of rotatable bonds is 4. The molecule has 6 aromatic rings. The van der Waals surface area contributed by atoms with Crippen molar-refractivity contribution in [3.63, 3.8) is 0 Å². The van der Waals surface area contributed by atoms with Gasteiger partial charge in [-0.15, -0.1) is 0 Å². The molecule has 8 heteroatoms. The molecule has 0 saturated heterocycles. The van der Waals surface area contributed by atoms with E-state index in [0.717, 1.165) is 38.6 Å². The van der Waals surface area contributed by atoms with Gasteiger partial charge in [-0.2, -0.15) is 0 Å². The summed E-state index contributed by atoms with van der Waals surface area (Å²) in [5.74, 6) is 0.0796. The fourth-order valence-electron chi connectivity index (χ4n) is 4.99. The van der Waals surface area contributed by atoms with E-state index in [2.05, 4.69) is 9.98 Å². The Balaban J connectivity index is 0.000000181. The molecule has 232 valence electrons. The van der Waals surface area contributed by atoms with Gasteiger partial charge in [-0.1, -0.05) is 84.9 Å². The molecule has 46 heavy (non-hydrogen) atoms. The molecule has 6 nitrogen and oxygen atoms in total. The fraction of sp³-hybridized carbons (Fsp3) is 0.105. The van der Waals surface area contributed by atoms with Crippen molar-refractivity contribution in [1.29, 1.82) is 0 Å². The van der Waals surface area contributed by atoms with Crippen LogP contribution in [-0.4, -0.2) is 26.0 Å². The molecule has 0 radical (unpaired) electrons. The van der Waals surface area contributed by atoms with Crippen molar-refractivity contribution >= 4 is 56.2 Å². The first-order valence-electron chi connectivity index (χ1n) is 14.8. The maximum absolute atomic E-state index is 14.3. The van der Waals surface area contributed by atoms with E-state index < -0.39 is 0 Å². The van der Waals surface area contributed by atoms with Gasteiger partial charge in [-0.05, 0) is 72.1 Å². The van der Waals surface area contributed by atoms with E-state index in [1.807, 2.05) is 92.0 Å². The third-order valence-electron chi connectivity index (χ3n) is 7.75. The molecule has 0 aliphatic heterocycles. The number of guanidine groups is 2. The summed E-state index contributed by atoms with van der Waals surface area (Å²) < 4.78 is 27.7. The molecule has 0 saturated carbocycles. The lowest BCUT2D eigenvalue weighted by Crippen LogP contribution is -2.34. The van der Waals surface area contributed by atoms with Crippen LogP contribution < -0.4 is 21.3 Å². The smallest absolute Gasteiger partial charge is 0.200 e. The van der Waals surface area contributed by atoms with Crippen molar-refractivity contribution in [2.24, 2.45) is 21.5 Å². The molecule has 0 heterocycles. The molecule has 6 aromatic carbocycles. The van der Waals surface area contributed by atoms with Gasteiger partial charge in [-0.3, -0.25) is 0 Å². The van der Waals surface area contributed by atoms with Gasteiger partial charge in [0.1, 0.15) is 11.6 Å². The Morgan fingerprint density at radius 3 is 1.63 bits per heavy atom. The van der Waals surface area contributed by atoms with Crippen LogP contribution in [0, 0.1) is 25.5 Å². The van der Waals surface area contributed by atoms with Crippen LogP contribution in [0.2, 0.25) is 0 Å². The molecule has 0 amide bonds. The molecule has 6 rings (SSSR count). The Hall–Kier alpha value is -5.76. The molecular weight excluding hydrogens is 578 g/mol. The highest BCUT2D eigenvalue weighted by atomic mass is 19.1. The number of halogens is 2. The highest BCUT2D eigenvalue weighted by Crippen LogP contribution is 2.28. The van der Waals surface area contributed by atoms with E-state index in [1.54, 1.807) is 61.0 Å². The number of anilines is 2. The first-order chi connectivity index (χ1) is 22.1. The third kappa shape index (κ3) is 6.97. The molecule has 0 unspecified atom stereocenters. The first-order valence-corrected chi connectivity index (χ1v) is 14.8. The van der Waals surface area contributed by atoms with Crippen LogP contribution in [0.1, 0.15) is 11.1 Å². The Morgan fingerprint density at radius 1 is 0.565 bits per heavy atom. The summed E-state index contributed by atoms with van der Waals surface area (Å²) in [6.45, 7) is 3.45. The molecule has 0 fully saturated rings. The molecule has 4 N–H and O–H groups in total. The van der Waals surface area contributed by atoms with Gasteiger partial charge in [0.2, 0.25) is 11.9 Å². The Kier molecular flexibility index (Phi) is 9.57. The Bertz CT molecular complexity index is 2060. The number of hydrogen-bond donors (Lipinski definition) is 2. The number of nitrogens with zero attached hydrogens (tertiary/aromatic N) is 4. The lowest BCUT2D eigenvalue weighted by atomic mass is 10.1. The zero-order valence-corrected chi connectivity index (χ0v) is 26.2. The number of nitrogens with two attached hydrogens (primary N) is 2. The van der Waals surface area contributed by atoms with E-state index in [-0.39, 0.29) is 17.6 Å². The van der Waals surface area contributed by atoms with Gasteiger partial charge in [0, 0.05) is 30.6 Å². The van der Waals surface area contributed by atoms with Crippen molar-refractivity contribution < 1.29 is 8.78 Å². The summed E-state index contributed by atoms with van der Waals surface area (Å²) >= 11 is 0. The van der Waals surface area contributed by atoms with Crippen LogP contribution in [0.5, 0.6) is 0 Å². The third-order valence-corrected chi connectivity index (χ3v) is 7.75. The Labute approximate surface area is 267 Å². The molecule has 0 aromatic heterocycles. The van der Waals surface area contributed by atoms with E-state index >= 15 is 0 Å². The highest BCUT2D eigenvalue weighted by molar-refractivity contribution is 6.01. The van der Waals surface area contributed by atoms with Gasteiger partial charge >= 0.3 is 0 Å². The summed E-state index contributed by atoms with van der Waals surface area (Å²) in [6, 6.07) is 37.9. The zero-order chi connectivity index (χ0) is 32.8. The molecule has 0 spiro atoms. The summed E-state index contributed by atoms with van der Waals surface area (Å²) in [6.07, 6.45) is 0. The minimum atomic E-state index is -0.286. The average Bonchev–Trinajstić information content (AvgIpc) is 3.07. The number of aryl methyl sites for hydroxylation is 2. The monoisotopic (exact) mass is 614 g/mol. The molecular formula is C38H36F2N6. The van der Waals surface area contributed by atoms with Crippen molar-refractivity contribution in [2.45, 2.75) is 13.8 Å². The molecule has 0 aliphatic carbocycles. The number of fused-ring (bicyclic) bond motifs is 2. The first kappa shape index (κ1) is 31.7. The van der Waals surface area contributed by atoms with Gasteiger partial charge in [-0.25, -0.2) is 18.8 Å². The van der Waals surface area contributed by atoms with Crippen molar-refractivity contribution in [2.75, 3.05) is 23.9 Å².